The zero-order valence-electron chi connectivity index (χ0n) is 11.2. The number of aromatic nitrogens is 2. The molecule has 0 amide bonds. The van der Waals surface area contributed by atoms with Crippen molar-refractivity contribution < 1.29 is 9.13 Å². The lowest BCUT2D eigenvalue weighted by atomic mass is 10.2. The molecule has 104 valence electrons. The summed E-state index contributed by atoms with van der Waals surface area (Å²) in [6.07, 6.45) is 0. The van der Waals surface area contributed by atoms with Gasteiger partial charge in [-0.1, -0.05) is 0 Å². The van der Waals surface area contributed by atoms with E-state index in [1.807, 2.05) is 18.2 Å². The normalized spacial score (nSPS) is 11.5. The Hall–Kier alpha value is -2.82. The maximum Gasteiger partial charge on any atom is 0.272 e. The van der Waals surface area contributed by atoms with Crippen molar-refractivity contribution in [1.82, 2.24) is 9.38 Å². The van der Waals surface area contributed by atoms with Crippen LogP contribution >= 0.6 is 0 Å². The van der Waals surface area contributed by atoms with Gasteiger partial charge in [-0.3, -0.25) is 4.79 Å². The molecule has 4 nitrogen and oxygen atoms in total. The number of halogens is 1. The second-order valence-electron chi connectivity index (χ2n) is 4.91. The number of hydrogen-bond donors (Lipinski definition) is 1. The molecule has 0 radical (unpaired) electrons. The first-order valence-electron chi connectivity index (χ1n) is 6.48. The van der Waals surface area contributed by atoms with Crippen LogP contribution in [0, 0.1) is 5.82 Å². The summed E-state index contributed by atoms with van der Waals surface area (Å²) in [7, 11) is 1.59. The topological polar surface area (TPSA) is 46.5 Å². The number of hydrogen-bond acceptors (Lipinski definition) is 2. The molecule has 5 heteroatoms. The van der Waals surface area contributed by atoms with Crippen molar-refractivity contribution in [2.24, 2.45) is 0 Å². The fourth-order valence-electron chi connectivity index (χ4n) is 2.73. The van der Waals surface area contributed by atoms with Crippen molar-refractivity contribution in [2.45, 2.75) is 0 Å². The zero-order chi connectivity index (χ0) is 14.6. The van der Waals surface area contributed by atoms with Gasteiger partial charge in [-0.05, 0) is 36.4 Å². The molecule has 2 heterocycles. The minimum absolute atomic E-state index is 0.204. The van der Waals surface area contributed by atoms with E-state index in [-0.39, 0.29) is 11.4 Å². The minimum Gasteiger partial charge on any atom is -0.497 e. The first-order chi connectivity index (χ1) is 10.2. The molecule has 1 N–H and O–H groups in total. The second kappa shape index (κ2) is 4.09. The van der Waals surface area contributed by atoms with Crippen LogP contribution in [-0.4, -0.2) is 16.5 Å². The lowest BCUT2D eigenvalue weighted by Crippen LogP contribution is -2.09. The standard InChI is InChI=1S/C16H11FN2O2/c1-21-11-3-5-13-9(6-11)7-15-16(20)18-12-4-2-10(17)8-14(12)19(13)15/h2-8H,1H3,(H,18,20). The van der Waals surface area contributed by atoms with Gasteiger partial charge in [-0.25, -0.2) is 4.39 Å². The van der Waals surface area contributed by atoms with E-state index in [2.05, 4.69) is 4.98 Å². The summed E-state index contributed by atoms with van der Waals surface area (Å²) in [6.45, 7) is 0. The third-order valence-corrected chi connectivity index (χ3v) is 3.69. The molecule has 0 aliphatic heterocycles. The summed E-state index contributed by atoms with van der Waals surface area (Å²) in [5.41, 5.74) is 2.35. The Labute approximate surface area is 118 Å². The first kappa shape index (κ1) is 12.0. The van der Waals surface area contributed by atoms with E-state index in [9.17, 15) is 9.18 Å². The molecule has 0 saturated heterocycles. The fraction of sp³-hybridized carbons (Fsp3) is 0.0625. The van der Waals surface area contributed by atoms with Crippen LogP contribution in [0.1, 0.15) is 0 Å². The molecule has 4 aromatic rings. The number of benzene rings is 2. The van der Waals surface area contributed by atoms with Crippen LogP contribution in [-0.2, 0) is 0 Å². The molecule has 0 bridgehead atoms. The average molecular weight is 282 g/mol. The third kappa shape index (κ3) is 1.64. The molecule has 0 saturated carbocycles. The maximum absolute atomic E-state index is 13.6. The lowest BCUT2D eigenvalue weighted by molar-refractivity contribution is 0.415. The van der Waals surface area contributed by atoms with E-state index in [1.165, 1.54) is 12.1 Å². The van der Waals surface area contributed by atoms with Crippen LogP contribution in [0.5, 0.6) is 5.75 Å². The smallest absolute Gasteiger partial charge is 0.272 e. The Bertz CT molecular complexity index is 1060. The second-order valence-corrected chi connectivity index (χ2v) is 4.91. The molecule has 0 unspecified atom stereocenters. The molecular formula is C16H11FN2O2. The van der Waals surface area contributed by atoms with Crippen LogP contribution in [0.3, 0.4) is 0 Å². The van der Waals surface area contributed by atoms with Crippen LogP contribution in [0.2, 0.25) is 0 Å². The summed E-state index contributed by atoms with van der Waals surface area (Å²) in [4.78, 5) is 15.0. The highest BCUT2D eigenvalue weighted by Gasteiger charge is 2.11. The summed E-state index contributed by atoms with van der Waals surface area (Å²) < 4.78 is 20.5. The molecular weight excluding hydrogens is 271 g/mol. The number of H-pyrrole nitrogens is 1. The highest BCUT2D eigenvalue weighted by molar-refractivity contribution is 5.93. The summed E-state index contributed by atoms with van der Waals surface area (Å²) in [6, 6.07) is 11.6. The van der Waals surface area contributed by atoms with Gasteiger partial charge in [-0.15, -0.1) is 0 Å². The molecule has 0 spiro atoms. The van der Waals surface area contributed by atoms with E-state index >= 15 is 0 Å². The number of nitrogens with zero attached hydrogens (tertiary/aromatic N) is 1. The molecule has 0 aliphatic carbocycles. The predicted octanol–water partition coefficient (Wildman–Crippen LogP) is 3.08. The van der Waals surface area contributed by atoms with Crippen LogP contribution in [0.4, 0.5) is 4.39 Å². The van der Waals surface area contributed by atoms with Crippen molar-refractivity contribution in [2.75, 3.05) is 7.11 Å². The molecule has 2 aromatic heterocycles. The molecule has 0 aliphatic rings. The molecule has 4 rings (SSSR count). The van der Waals surface area contributed by atoms with Crippen LogP contribution in [0.15, 0.2) is 47.3 Å². The van der Waals surface area contributed by atoms with Gasteiger partial charge in [0.2, 0.25) is 0 Å². The number of methoxy groups -OCH3 is 1. The van der Waals surface area contributed by atoms with E-state index in [0.29, 0.717) is 22.3 Å². The average Bonchev–Trinajstić information content (AvgIpc) is 2.87. The SMILES string of the molecule is COc1ccc2c(c1)cc1c(=O)[nH]c3ccc(F)cc3n12. The van der Waals surface area contributed by atoms with E-state index < -0.39 is 0 Å². The number of aromatic amines is 1. The lowest BCUT2D eigenvalue weighted by Gasteiger charge is -2.05. The number of fused-ring (bicyclic) bond motifs is 5. The molecule has 0 fully saturated rings. The third-order valence-electron chi connectivity index (χ3n) is 3.69. The van der Waals surface area contributed by atoms with Gasteiger partial charge in [0.25, 0.3) is 5.56 Å². The molecule has 2 aromatic carbocycles. The summed E-state index contributed by atoms with van der Waals surface area (Å²) in [5, 5.41) is 0.872. The van der Waals surface area contributed by atoms with Gasteiger partial charge in [-0.2, -0.15) is 0 Å². The number of nitrogens with one attached hydrogen (secondary N) is 1. The maximum atomic E-state index is 13.6. The van der Waals surface area contributed by atoms with Crippen molar-refractivity contribution in [3.8, 4) is 5.75 Å². The first-order valence-corrected chi connectivity index (χ1v) is 6.48. The van der Waals surface area contributed by atoms with Gasteiger partial charge in [0.15, 0.2) is 0 Å². The van der Waals surface area contributed by atoms with E-state index in [4.69, 9.17) is 4.74 Å². The summed E-state index contributed by atoms with van der Waals surface area (Å²) in [5.74, 6) is 0.372. The summed E-state index contributed by atoms with van der Waals surface area (Å²) >= 11 is 0. The van der Waals surface area contributed by atoms with Crippen molar-refractivity contribution >= 4 is 27.5 Å². The minimum atomic E-state index is -0.341. The van der Waals surface area contributed by atoms with Crippen molar-refractivity contribution in [1.29, 1.82) is 0 Å². The quantitative estimate of drug-likeness (QED) is 0.583. The van der Waals surface area contributed by atoms with E-state index in [1.54, 1.807) is 23.6 Å². The Kier molecular flexibility index (Phi) is 2.33. The molecule has 0 atom stereocenters. The van der Waals surface area contributed by atoms with Gasteiger partial charge >= 0.3 is 0 Å². The fourth-order valence-corrected chi connectivity index (χ4v) is 2.73. The van der Waals surface area contributed by atoms with Crippen LogP contribution < -0.4 is 10.3 Å². The Balaban J connectivity index is 2.29. The number of ether oxygens (including phenoxy) is 1. The Morgan fingerprint density at radius 2 is 1.90 bits per heavy atom. The zero-order valence-corrected chi connectivity index (χ0v) is 11.2. The highest BCUT2D eigenvalue weighted by Crippen LogP contribution is 2.26. The van der Waals surface area contributed by atoms with E-state index in [0.717, 1.165) is 10.9 Å². The van der Waals surface area contributed by atoms with Gasteiger partial charge in [0, 0.05) is 11.5 Å². The molecule has 21 heavy (non-hydrogen) atoms. The Morgan fingerprint density at radius 3 is 2.71 bits per heavy atom. The van der Waals surface area contributed by atoms with Crippen molar-refractivity contribution in [3.05, 3.63) is 58.6 Å². The predicted molar refractivity (Wildman–Crippen MR) is 79.5 cm³/mol. The van der Waals surface area contributed by atoms with Crippen LogP contribution in [0.25, 0.3) is 27.5 Å². The van der Waals surface area contributed by atoms with Gasteiger partial charge < -0.3 is 14.1 Å². The van der Waals surface area contributed by atoms with Crippen molar-refractivity contribution in [3.63, 3.8) is 0 Å². The van der Waals surface area contributed by atoms with Gasteiger partial charge in [0.05, 0.1) is 23.7 Å². The number of rotatable bonds is 1. The highest BCUT2D eigenvalue weighted by atomic mass is 19.1. The largest absolute Gasteiger partial charge is 0.497 e. The Morgan fingerprint density at radius 1 is 1.05 bits per heavy atom. The monoisotopic (exact) mass is 282 g/mol. The van der Waals surface area contributed by atoms with Gasteiger partial charge in [0.1, 0.15) is 17.1 Å².